The number of nitrogens with one attached hydrogen (secondary N) is 3. The van der Waals surface area contributed by atoms with Gasteiger partial charge < -0.3 is 15.4 Å². The van der Waals surface area contributed by atoms with Gasteiger partial charge in [0.15, 0.2) is 0 Å². The van der Waals surface area contributed by atoms with Crippen LogP contribution in [0.1, 0.15) is 30.3 Å². The Labute approximate surface area is 143 Å². The third-order valence-corrected chi connectivity index (χ3v) is 4.09. The molecule has 0 fully saturated rings. The number of aryl methyl sites for hydroxylation is 2. The molecule has 6 heteroatoms. The summed E-state index contributed by atoms with van der Waals surface area (Å²) in [5.74, 6) is 0.764. The quantitative estimate of drug-likeness (QED) is 0.695. The molecule has 0 aliphatic heterocycles. The summed E-state index contributed by atoms with van der Waals surface area (Å²) in [6.45, 7) is 6.55. The molecule has 24 heavy (non-hydrogen) atoms. The van der Waals surface area contributed by atoms with Gasteiger partial charge in [0.25, 0.3) is 0 Å². The Kier molecular flexibility index (Phi) is 6.23. The van der Waals surface area contributed by atoms with Gasteiger partial charge in [0.2, 0.25) is 5.91 Å². The monoisotopic (exact) mass is 330 g/mol. The van der Waals surface area contributed by atoms with Crippen LogP contribution in [0.2, 0.25) is 0 Å². The highest BCUT2D eigenvalue weighted by atomic mass is 16.5. The molecule has 1 aromatic carbocycles. The van der Waals surface area contributed by atoms with Crippen LogP contribution in [-0.2, 0) is 11.2 Å². The zero-order valence-electron chi connectivity index (χ0n) is 14.8. The number of anilines is 1. The molecule has 2 aromatic rings. The van der Waals surface area contributed by atoms with Crippen LogP contribution in [0.5, 0.6) is 5.75 Å². The molecule has 1 unspecified atom stereocenters. The number of rotatable bonds is 8. The Morgan fingerprint density at radius 3 is 2.79 bits per heavy atom. The lowest BCUT2D eigenvalue weighted by molar-refractivity contribution is -0.121. The Morgan fingerprint density at radius 1 is 1.38 bits per heavy atom. The minimum atomic E-state index is -0.274. The summed E-state index contributed by atoms with van der Waals surface area (Å²) in [5.41, 5.74) is 4.09. The molecule has 0 saturated heterocycles. The molecule has 0 radical (unpaired) electrons. The van der Waals surface area contributed by atoms with Crippen molar-refractivity contribution in [1.29, 1.82) is 0 Å². The van der Waals surface area contributed by atoms with Gasteiger partial charge in [0, 0.05) is 24.0 Å². The predicted octanol–water partition coefficient (Wildman–Crippen LogP) is 2.58. The first-order valence-electron chi connectivity index (χ1n) is 8.23. The van der Waals surface area contributed by atoms with Crippen LogP contribution < -0.4 is 15.4 Å². The molecular weight excluding hydrogens is 304 g/mol. The number of methoxy groups -OCH3 is 1. The van der Waals surface area contributed by atoms with Gasteiger partial charge in [-0.1, -0.05) is 13.0 Å². The zero-order chi connectivity index (χ0) is 17.5. The summed E-state index contributed by atoms with van der Waals surface area (Å²) >= 11 is 0. The molecule has 0 saturated carbocycles. The number of hydrogen-bond acceptors (Lipinski definition) is 4. The molecule has 3 N–H and O–H groups in total. The van der Waals surface area contributed by atoms with E-state index < -0.39 is 0 Å². The minimum Gasteiger partial charge on any atom is -0.497 e. The lowest BCUT2D eigenvalue weighted by Gasteiger charge is -2.18. The van der Waals surface area contributed by atoms with Crippen molar-refractivity contribution in [2.45, 2.75) is 39.7 Å². The van der Waals surface area contributed by atoms with Crippen molar-refractivity contribution in [3.8, 4) is 5.75 Å². The molecular formula is C18H26N4O2. The number of carbonyl (C=O) groups excluding carboxylic acids is 1. The fourth-order valence-electron chi connectivity index (χ4n) is 2.64. The molecule has 1 amide bonds. The lowest BCUT2D eigenvalue weighted by atomic mass is 10.1. The van der Waals surface area contributed by atoms with Crippen LogP contribution in [-0.4, -0.2) is 35.8 Å². The molecule has 6 nitrogen and oxygen atoms in total. The van der Waals surface area contributed by atoms with Crippen LogP contribution in [0.3, 0.4) is 0 Å². The summed E-state index contributed by atoms with van der Waals surface area (Å²) in [5, 5.41) is 13.4. The average Bonchev–Trinajstić information content (AvgIpc) is 2.91. The van der Waals surface area contributed by atoms with Gasteiger partial charge in [-0.2, -0.15) is 5.10 Å². The topological polar surface area (TPSA) is 79.0 Å². The average molecular weight is 330 g/mol. The molecule has 1 atom stereocenters. The summed E-state index contributed by atoms with van der Waals surface area (Å²) in [6, 6.07) is 7.31. The van der Waals surface area contributed by atoms with E-state index in [2.05, 4.69) is 20.8 Å². The van der Waals surface area contributed by atoms with E-state index in [9.17, 15) is 4.79 Å². The third kappa shape index (κ3) is 4.50. The molecule has 2 rings (SSSR count). The van der Waals surface area contributed by atoms with E-state index in [1.807, 2.05) is 45.0 Å². The number of aromatic amines is 1. The smallest absolute Gasteiger partial charge is 0.242 e. The fourth-order valence-corrected chi connectivity index (χ4v) is 2.64. The van der Waals surface area contributed by atoms with Crippen molar-refractivity contribution in [3.05, 3.63) is 41.2 Å². The highest BCUT2D eigenvalue weighted by Gasteiger charge is 2.16. The molecule has 1 heterocycles. The van der Waals surface area contributed by atoms with E-state index in [-0.39, 0.29) is 11.9 Å². The first-order valence-corrected chi connectivity index (χ1v) is 8.23. The second-order valence-corrected chi connectivity index (χ2v) is 5.79. The van der Waals surface area contributed by atoms with Crippen LogP contribution in [0, 0.1) is 13.8 Å². The van der Waals surface area contributed by atoms with Crippen molar-refractivity contribution in [2.24, 2.45) is 0 Å². The second kappa shape index (κ2) is 8.38. The van der Waals surface area contributed by atoms with Crippen LogP contribution in [0.15, 0.2) is 24.3 Å². The van der Waals surface area contributed by atoms with Crippen LogP contribution in [0.25, 0.3) is 0 Å². The van der Waals surface area contributed by atoms with Gasteiger partial charge >= 0.3 is 0 Å². The summed E-state index contributed by atoms with van der Waals surface area (Å²) in [6.07, 6.45) is 1.47. The molecule has 130 valence electrons. The Morgan fingerprint density at radius 2 is 2.17 bits per heavy atom. The van der Waals surface area contributed by atoms with E-state index in [4.69, 9.17) is 4.74 Å². The van der Waals surface area contributed by atoms with Crippen molar-refractivity contribution < 1.29 is 9.53 Å². The Bertz CT molecular complexity index is 662. The van der Waals surface area contributed by atoms with Gasteiger partial charge in [-0.3, -0.25) is 9.89 Å². The summed E-state index contributed by atoms with van der Waals surface area (Å²) in [7, 11) is 1.63. The number of aromatic nitrogens is 2. The second-order valence-electron chi connectivity index (χ2n) is 5.79. The molecule has 0 bridgehead atoms. The first-order chi connectivity index (χ1) is 11.5. The largest absolute Gasteiger partial charge is 0.497 e. The fraction of sp³-hybridized carbons (Fsp3) is 0.444. The zero-order valence-corrected chi connectivity index (χ0v) is 14.8. The highest BCUT2D eigenvalue weighted by Crippen LogP contribution is 2.18. The SMILES string of the molecule is CCC(Nc1cccc(OC)c1)C(=O)NCCc1c(C)n[nH]c1C. The molecule has 0 aliphatic rings. The van der Waals surface area contributed by atoms with Gasteiger partial charge in [-0.15, -0.1) is 0 Å². The van der Waals surface area contributed by atoms with Crippen LogP contribution in [0.4, 0.5) is 5.69 Å². The maximum absolute atomic E-state index is 12.4. The standard InChI is InChI=1S/C18H26N4O2/c1-5-17(20-14-7-6-8-15(11-14)24-4)18(23)19-10-9-16-12(2)21-22-13(16)3/h6-8,11,17,20H,5,9-10H2,1-4H3,(H,19,23)(H,21,22). The van der Waals surface area contributed by atoms with E-state index >= 15 is 0 Å². The highest BCUT2D eigenvalue weighted by molar-refractivity contribution is 5.84. The van der Waals surface area contributed by atoms with Crippen molar-refractivity contribution in [1.82, 2.24) is 15.5 Å². The molecule has 0 spiro atoms. The lowest BCUT2D eigenvalue weighted by Crippen LogP contribution is -2.40. The van der Waals surface area contributed by atoms with Crippen molar-refractivity contribution in [3.63, 3.8) is 0 Å². The van der Waals surface area contributed by atoms with Gasteiger partial charge in [-0.25, -0.2) is 0 Å². The van der Waals surface area contributed by atoms with Crippen molar-refractivity contribution >= 4 is 11.6 Å². The number of benzene rings is 1. The summed E-state index contributed by atoms with van der Waals surface area (Å²) < 4.78 is 5.21. The molecule has 1 aromatic heterocycles. The summed E-state index contributed by atoms with van der Waals surface area (Å²) in [4.78, 5) is 12.4. The first kappa shape index (κ1) is 17.8. The van der Waals surface area contributed by atoms with E-state index in [1.165, 1.54) is 5.56 Å². The Hall–Kier alpha value is -2.50. The van der Waals surface area contributed by atoms with Gasteiger partial charge in [-0.05, 0) is 44.4 Å². The molecule has 0 aliphatic carbocycles. The van der Waals surface area contributed by atoms with Gasteiger partial charge in [0.05, 0.1) is 12.8 Å². The Balaban J connectivity index is 1.89. The van der Waals surface area contributed by atoms with E-state index in [0.717, 1.165) is 29.2 Å². The number of nitrogens with zero attached hydrogens (tertiary/aromatic N) is 1. The maximum atomic E-state index is 12.4. The van der Waals surface area contributed by atoms with Crippen LogP contribution >= 0.6 is 0 Å². The normalized spacial score (nSPS) is 11.8. The minimum absolute atomic E-state index is 0.000814. The number of carbonyl (C=O) groups is 1. The maximum Gasteiger partial charge on any atom is 0.242 e. The van der Waals surface area contributed by atoms with Crippen molar-refractivity contribution in [2.75, 3.05) is 19.0 Å². The van der Waals surface area contributed by atoms with Gasteiger partial charge in [0.1, 0.15) is 11.8 Å². The number of amides is 1. The predicted molar refractivity (Wildman–Crippen MR) is 95.5 cm³/mol. The van der Waals surface area contributed by atoms with E-state index in [1.54, 1.807) is 7.11 Å². The number of hydrogen-bond donors (Lipinski definition) is 3. The van der Waals surface area contributed by atoms with E-state index in [0.29, 0.717) is 13.0 Å². The third-order valence-electron chi connectivity index (χ3n) is 4.09. The number of H-pyrrole nitrogens is 1. The number of ether oxygens (including phenoxy) is 1.